The van der Waals surface area contributed by atoms with E-state index in [-0.39, 0.29) is 11.3 Å². The predicted molar refractivity (Wildman–Crippen MR) is 74.1 cm³/mol. The van der Waals surface area contributed by atoms with Crippen LogP contribution in [-0.2, 0) is 4.79 Å². The first-order valence-electron chi connectivity index (χ1n) is 6.09. The third-order valence-electron chi connectivity index (χ3n) is 2.88. The van der Waals surface area contributed by atoms with Crippen LogP contribution in [0.25, 0.3) is 0 Å². The molecule has 1 atom stereocenters. The third kappa shape index (κ3) is 3.30. The SMILES string of the molecule is O=C(NC(C(=O)O)c1ccccc1)c1ccc(O)cc1O. The summed E-state index contributed by atoms with van der Waals surface area (Å²) in [4.78, 5) is 23.3. The molecule has 0 saturated carbocycles. The Hall–Kier alpha value is -3.02. The van der Waals surface area contributed by atoms with Crippen LogP contribution in [0.15, 0.2) is 48.5 Å². The number of nitrogens with one attached hydrogen (secondary N) is 1. The highest BCUT2D eigenvalue weighted by molar-refractivity contribution is 5.99. The lowest BCUT2D eigenvalue weighted by Gasteiger charge is -2.15. The number of carbonyl (C=O) groups excluding carboxylic acids is 1. The molecule has 4 N–H and O–H groups in total. The minimum absolute atomic E-state index is 0.116. The quantitative estimate of drug-likeness (QED) is 0.684. The number of hydrogen-bond acceptors (Lipinski definition) is 4. The molecule has 0 radical (unpaired) electrons. The van der Waals surface area contributed by atoms with Crippen molar-refractivity contribution in [1.82, 2.24) is 5.32 Å². The molecular formula is C15H13NO5. The van der Waals surface area contributed by atoms with Crippen molar-refractivity contribution in [2.45, 2.75) is 6.04 Å². The molecule has 0 spiro atoms. The van der Waals surface area contributed by atoms with Crippen molar-refractivity contribution in [3.8, 4) is 11.5 Å². The summed E-state index contributed by atoms with van der Waals surface area (Å²) < 4.78 is 0. The molecule has 1 amide bonds. The van der Waals surface area contributed by atoms with E-state index in [9.17, 15) is 24.9 Å². The van der Waals surface area contributed by atoms with Gasteiger partial charge >= 0.3 is 5.97 Å². The van der Waals surface area contributed by atoms with Crippen LogP contribution in [-0.4, -0.2) is 27.2 Å². The fourth-order valence-corrected chi connectivity index (χ4v) is 1.85. The maximum absolute atomic E-state index is 12.0. The van der Waals surface area contributed by atoms with Gasteiger partial charge in [0.2, 0.25) is 0 Å². The van der Waals surface area contributed by atoms with Crippen LogP contribution in [0.4, 0.5) is 0 Å². The van der Waals surface area contributed by atoms with Gasteiger partial charge in [-0.25, -0.2) is 4.79 Å². The van der Waals surface area contributed by atoms with Crippen molar-refractivity contribution in [3.05, 3.63) is 59.7 Å². The minimum Gasteiger partial charge on any atom is -0.508 e. The molecule has 2 aromatic rings. The summed E-state index contributed by atoms with van der Waals surface area (Å²) >= 11 is 0. The number of rotatable bonds is 4. The van der Waals surface area contributed by atoms with Gasteiger partial charge < -0.3 is 20.6 Å². The van der Waals surface area contributed by atoms with E-state index in [2.05, 4.69) is 5.32 Å². The molecule has 0 aliphatic heterocycles. The summed E-state index contributed by atoms with van der Waals surface area (Å²) in [5.74, 6) is -2.58. The lowest BCUT2D eigenvalue weighted by atomic mass is 10.1. The molecule has 1 unspecified atom stereocenters. The van der Waals surface area contributed by atoms with Crippen LogP contribution in [0.1, 0.15) is 22.0 Å². The number of phenolic OH excluding ortho intramolecular Hbond substituents is 2. The second-order valence-corrected chi connectivity index (χ2v) is 4.36. The van der Waals surface area contributed by atoms with Gasteiger partial charge in [0.25, 0.3) is 5.91 Å². The smallest absolute Gasteiger partial charge is 0.330 e. The molecule has 6 nitrogen and oxygen atoms in total. The molecule has 2 rings (SSSR count). The Morgan fingerprint density at radius 3 is 2.24 bits per heavy atom. The van der Waals surface area contributed by atoms with Crippen LogP contribution in [0, 0.1) is 0 Å². The number of amides is 1. The van der Waals surface area contributed by atoms with Crippen LogP contribution in [0.5, 0.6) is 11.5 Å². The van der Waals surface area contributed by atoms with E-state index in [1.807, 2.05) is 0 Å². The number of carbonyl (C=O) groups is 2. The molecule has 0 saturated heterocycles. The first kappa shape index (κ1) is 14.4. The Bertz CT molecular complexity index is 669. The maximum atomic E-state index is 12.0. The van der Waals surface area contributed by atoms with Gasteiger partial charge in [-0.05, 0) is 17.7 Å². The molecule has 0 aliphatic rings. The fourth-order valence-electron chi connectivity index (χ4n) is 1.85. The van der Waals surface area contributed by atoms with Crippen molar-refractivity contribution in [3.63, 3.8) is 0 Å². The molecule has 0 aliphatic carbocycles. The molecule has 0 aromatic heterocycles. The van der Waals surface area contributed by atoms with Gasteiger partial charge in [0, 0.05) is 6.07 Å². The number of carboxylic acid groups (broad SMARTS) is 1. The number of hydrogen-bond donors (Lipinski definition) is 4. The van der Waals surface area contributed by atoms with E-state index in [0.29, 0.717) is 5.56 Å². The molecule has 21 heavy (non-hydrogen) atoms. The first-order valence-corrected chi connectivity index (χ1v) is 6.09. The van der Waals surface area contributed by atoms with Crippen molar-refractivity contribution >= 4 is 11.9 Å². The number of benzene rings is 2. The molecule has 108 valence electrons. The topological polar surface area (TPSA) is 107 Å². The van der Waals surface area contributed by atoms with Gasteiger partial charge in [-0.1, -0.05) is 30.3 Å². The molecule has 0 heterocycles. The summed E-state index contributed by atoms with van der Waals surface area (Å²) in [5, 5.41) is 30.3. The van der Waals surface area contributed by atoms with Crippen molar-refractivity contribution in [2.75, 3.05) is 0 Å². The summed E-state index contributed by atoms with van der Waals surface area (Å²) in [6.45, 7) is 0. The highest BCUT2D eigenvalue weighted by atomic mass is 16.4. The molecule has 2 aromatic carbocycles. The standard InChI is InChI=1S/C15H13NO5/c17-10-6-7-11(12(18)8-10)14(19)16-13(15(20)21)9-4-2-1-3-5-9/h1-8,13,17-18H,(H,16,19)(H,20,21). The number of phenols is 2. The lowest BCUT2D eigenvalue weighted by molar-refractivity contribution is -0.139. The van der Waals surface area contributed by atoms with Gasteiger partial charge in [0.1, 0.15) is 11.5 Å². The van der Waals surface area contributed by atoms with Crippen LogP contribution < -0.4 is 5.32 Å². The summed E-state index contributed by atoms with van der Waals surface area (Å²) in [5.41, 5.74) is 0.298. The van der Waals surface area contributed by atoms with E-state index in [4.69, 9.17) is 0 Å². The summed E-state index contributed by atoms with van der Waals surface area (Å²) in [7, 11) is 0. The highest BCUT2D eigenvalue weighted by Gasteiger charge is 2.23. The van der Waals surface area contributed by atoms with Gasteiger partial charge in [-0.3, -0.25) is 4.79 Å². The van der Waals surface area contributed by atoms with E-state index in [1.54, 1.807) is 30.3 Å². The maximum Gasteiger partial charge on any atom is 0.330 e. The van der Waals surface area contributed by atoms with Crippen molar-refractivity contribution in [2.24, 2.45) is 0 Å². The molecule has 0 bridgehead atoms. The highest BCUT2D eigenvalue weighted by Crippen LogP contribution is 2.23. The Labute approximate surface area is 120 Å². The molecule has 0 fully saturated rings. The van der Waals surface area contributed by atoms with Crippen LogP contribution in [0.3, 0.4) is 0 Å². The number of aliphatic carboxylic acids is 1. The van der Waals surface area contributed by atoms with Crippen LogP contribution in [0.2, 0.25) is 0 Å². The zero-order valence-corrected chi connectivity index (χ0v) is 10.9. The zero-order valence-electron chi connectivity index (χ0n) is 10.9. The largest absolute Gasteiger partial charge is 0.508 e. The van der Waals surface area contributed by atoms with Gasteiger partial charge in [0.15, 0.2) is 6.04 Å². The second-order valence-electron chi connectivity index (χ2n) is 4.36. The van der Waals surface area contributed by atoms with Crippen molar-refractivity contribution < 1.29 is 24.9 Å². The second kappa shape index (κ2) is 5.96. The van der Waals surface area contributed by atoms with E-state index < -0.39 is 23.7 Å². The average Bonchev–Trinajstić information content (AvgIpc) is 2.45. The summed E-state index contributed by atoms with van der Waals surface area (Å²) in [6, 6.07) is 10.4. The zero-order chi connectivity index (χ0) is 15.4. The fraction of sp³-hybridized carbons (Fsp3) is 0.0667. The first-order chi connectivity index (χ1) is 9.99. The monoisotopic (exact) mass is 287 g/mol. The van der Waals surface area contributed by atoms with Crippen molar-refractivity contribution in [1.29, 1.82) is 0 Å². The average molecular weight is 287 g/mol. The normalized spacial score (nSPS) is 11.6. The van der Waals surface area contributed by atoms with E-state index in [0.717, 1.165) is 6.07 Å². The Balaban J connectivity index is 2.25. The third-order valence-corrected chi connectivity index (χ3v) is 2.88. The van der Waals surface area contributed by atoms with Gasteiger partial charge in [-0.15, -0.1) is 0 Å². The van der Waals surface area contributed by atoms with Crippen LogP contribution >= 0.6 is 0 Å². The molecule has 6 heteroatoms. The predicted octanol–water partition coefficient (Wildman–Crippen LogP) is 1.65. The lowest BCUT2D eigenvalue weighted by Crippen LogP contribution is -2.33. The van der Waals surface area contributed by atoms with E-state index >= 15 is 0 Å². The number of aromatic hydroxyl groups is 2. The number of carboxylic acids is 1. The van der Waals surface area contributed by atoms with Gasteiger partial charge in [-0.2, -0.15) is 0 Å². The molecular weight excluding hydrogens is 274 g/mol. The Morgan fingerprint density at radius 2 is 1.67 bits per heavy atom. The Morgan fingerprint density at radius 1 is 1.00 bits per heavy atom. The summed E-state index contributed by atoms with van der Waals surface area (Å²) in [6.07, 6.45) is 0. The minimum atomic E-state index is -1.23. The van der Waals surface area contributed by atoms with Gasteiger partial charge in [0.05, 0.1) is 5.56 Å². The Kier molecular flexibility index (Phi) is 4.08. The van der Waals surface area contributed by atoms with E-state index in [1.165, 1.54) is 12.1 Å².